The average molecular weight is 390 g/mol. The Morgan fingerprint density at radius 2 is 1.22 bits per heavy atom. The molecule has 1 aliphatic heterocycles. The number of benzene rings is 2. The van der Waals surface area contributed by atoms with Gasteiger partial charge in [-0.05, 0) is 11.1 Å². The minimum Gasteiger partial charge on any atom is -0.300 e. The average Bonchev–Trinajstić information content (AvgIpc) is 2.63. The fraction of sp³-hybridized carbons (Fsp3) is 0.235. The lowest BCUT2D eigenvalue weighted by Gasteiger charge is -2.29. The lowest BCUT2D eigenvalue weighted by atomic mass is 10.00. The first kappa shape index (κ1) is 18.6. The molecule has 3 rings (SSSR count). The van der Waals surface area contributed by atoms with Crippen LogP contribution >= 0.6 is 0 Å². The van der Waals surface area contributed by atoms with E-state index in [0.29, 0.717) is 0 Å². The lowest BCUT2D eigenvalue weighted by molar-refractivity contribution is -0.385. The summed E-state index contributed by atoms with van der Waals surface area (Å²) in [7, 11) is -3.95. The van der Waals surface area contributed by atoms with Gasteiger partial charge in [0, 0.05) is 37.1 Å². The Bertz CT molecular complexity index is 973. The normalized spacial score (nSPS) is 21.6. The first-order chi connectivity index (χ1) is 12.7. The highest BCUT2D eigenvalue weighted by Crippen LogP contribution is 2.44. The topological polar surface area (TPSA) is 137 Å². The second-order valence-electron chi connectivity index (χ2n) is 6.22. The Morgan fingerprint density at radius 1 is 0.815 bits per heavy atom. The highest BCUT2D eigenvalue weighted by molar-refractivity contribution is 7.92. The Balaban J connectivity index is 2.07. The van der Waals surface area contributed by atoms with Gasteiger partial charge in [0.15, 0.2) is 9.84 Å². The van der Waals surface area contributed by atoms with Gasteiger partial charge in [0.25, 0.3) is 11.4 Å². The van der Waals surface area contributed by atoms with Crippen molar-refractivity contribution in [1.82, 2.24) is 0 Å². The maximum Gasteiger partial charge on any atom is 0.269 e. The van der Waals surface area contributed by atoms with E-state index in [2.05, 4.69) is 0 Å². The number of ketones is 1. The van der Waals surface area contributed by atoms with E-state index in [9.17, 15) is 33.4 Å². The monoisotopic (exact) mass is 390 g/mol. The maximum absolute atomic E-state index is 13.1. The van der Waals surface area contributed by atoms with Crippen molar-refractivity contribution in [3.8, 4) is 0 Å². The molecule has 140 valence electrons. The molecule has 0 N–H and O–H groups in total. The molecule has 1 aliphatic rings. The Kier molecular flexibility index (Phi) is 4.75. The first-order valence-corrected chi connectivity index (χ1v) is 9.54. The number of nitro groups is 2. The predicted molar refractivity (Wildman–Crippen MR) is 94.8 cm³/mol. The zero-order chi connectivity index (χ0) is 19.8. The van der Waals surface area contributed by atoms with Crippen LogP contribution in [0, 0.1) is 20.2 Å². The third kappa shape index (κ3) is 3.56. The zero-order valence-corrected chi connectivity index (χ0v) is 14.7. The van der Waals surface area contributed by atoms with Crippen molar-refractivity contribution in [3.63, 3.8) is 0 Å². The van der Waals surface area contributed by atoms with Crippen LogP contribution in [0.2, 0.25) is 0 Å². The molecule has 0 amide bonds. The number of rotatable bonds is 4. The molecule has 2 aromatic carbocycles. The number of Topliss-reactive ketones (excluding diaryl/α,β-unsaturated/α-hetero) is 1. The third-order valence-electron chi connectivity index (χ3n) is 4.52. The number of hydrogen-bond acceptors (Lipinski definition) is 7. The van der Waals surface area contributed by atoms with Crippen molar-refractivity contribution in [2.45, 2.75) is 23.3 Å². The van der Waals surface area contributed by atoms with Crippen LogP contribution in [0.15, 0.2) is 48.5 Å². The minimum absolute atomic E-state index is 0.160. The molecule has 1 heterocycles. The summed E-state index contributed by atoms with van der Waals surface area (Å²) in [6.45, 7) is 0. The van der Waals surface area contributed by atoms with E-state index in [-0.39, 0.29) is 41.1 Å². The second-order valence-corrected chi connectivity index (χ2v) is 8.53. The van der Waals surface area contributed by atoms with Crippen LogP contribution in [-0.2, 0) is 14.6 Å². The van der Waals surface area contributed by atoms with E-state index < -0.39 is 30.2 Å². The summed E-state index contributed by atoms with van der Waals surface area (Å²) in [5.74, 6) is -0.321. The second kappa shape index (κ2) is 6.88. The van der Waals surface area contributed by atoms with E-state index >= 15 is 0 Å². The van der Waals surface area contributed by atoms with Gasteiger partial charge in [-0.2, -0.15) is 0 Å². The summed E-state index contributed by atoms with van der Waals surface area (Å²) in [5.41, 5.74) is -0.222. The van der Waals surface area contributed by atoms with E-state index in [0.717, 1.165) is 12.1 Å². The molecule has 2 aromatic rings. The van der Waals surface area contributed by atoms with Crippen LogP contribution < -0.4 is 0 Å². The van der Waals surface area contributed by atoms with Crippen molar-refractivity contribution in [2.24, 2.45) is 0 Å². The summed E-state index contributed by atoms with van der Waals surface area (Å²) in [6.07, 6.45) is -0.566. The maximum atomic E-state index is 13.1. The van der Waals surface area contributed by atoms with Gasteiger partial charge in [0.05, 0.1) is 20.3 Å². The van der Waals surface area contributed by atoms with Crippen LogP contribution in [0.5, 0.6) is 0 Å². The van der Waals surface area contributed by atoms with Crippen molar-refractivity contribution in [3.05, 3.63) is 79.9 Å². The van der Waals surface area contributed by atoms with E-state index in [1.54, 1.807) is 0 Å². The summed E-state index contributed by atoms with van der Waals surface area (Å²) in [5, 5.41) is 19.5. The summed E-state index contributed by atoms with van der Waals surface area (Å²) in [6, 6.07) is 10.3. The predicted octanol–water partition coefficient (Wildman–Crippen LogP) is 3.06. The molecule has 0 bridgehead atoms. The van der Waals surface area contributed by atoms with Crippen molar-refractivity contribution in [1.29, 1.82) is 0 Å². The van der Waals surface area contributed by atoms with Gasteiger partial charge in [-0.1, -0.05) is 24.3 Å². The molecular formula is C17H14N2O7S. The Labute approximate surface area is 153 Å². The highest BCUT2D eigenvalue weighted by Gasteiger charge is 2.43. The molecule has 10 heteroatoms. The van der Waals surface area contributed by atoms with E-state index in [1.165, 1.54) is 36.4 Å². The number of nitrogens with zero attached hydrogens (tertiary/aromatic N) is 2. The fourth-order valence-electron chi connectivity index (χ4n) is 3.22. The summed E-state index contributed by atoms with van der Waals surface area (Å²) in [4.78, 5) is 32.9. The molecule has 0 saturated carbocycles. The van der Waals surface area contributed by atoms with Crippen LogP contribution in [0.3, 0.4) is 0 Å². The van der Waals surface area contributed by atoms with Gasteiger partial charge in [-0.25, -0.2) is 8.42 Å². The molecule has 0 aromatic heterocycles. The molecule has 9 nitrogen and oxygen atoms in total. The number of nitro benzene ring substituents is 2. The van der Waals surface area contributed by atoms with Gasteiger partial charge in [0.2, 0.25) is 0 Å². The molecule has 0 spiro atoms. The molecule has 1 saturated heterocycles. The molecule has 1 fully saturated rings. The Morgan fingerprint density at radius 3 is 1.59 bits per heavy atom. The molecule has 0 aliphatic carbocycles. The molecule has 27 heavy (non-hydrogen) atoms. The first-order valence-electron chi connectivity index (χ1n) is 7.93. The van der Waals surface area contributed by atoms with Crippen molar-refractivity contribution >= 4 is 27.0 Å². The fourth-order valence-corrected chi connectivity index (χ4v) is 5.50. The van der Waals surface area contributed by atoms with Crippen LogP contribution in [0.4, 0.5) is 11.4 Å². The number of non-ortho nitro benzene ring substituents is 2. The number of sulfone groups is 1. The smallest absolute Gasteiger partial charge is 0.269 e. The van der Waals surface area contributed by atoms with Crippen LogP contribution in [0.1, 0.15) is 34.5 Å². The third-order valence-corrected chi connectivity index (χ3v) is 6.99. The lowest BCUT2D eigenvalue weighted by Crippen LogP contribution is -2.30. The van der Waals surface area contributed by atoms with Gasteiger partial charge in [0.1, 0.15) is 5.78 Å². The van der Waals surface area contributed by atoms with Crippen molar-refractivity contribution < 1.29 is 23.1 Å². The summed E-state index contributed by atoms with van der Waals surface area (Å²) < 4.78 is 26.3. The quantitative estimate of drug-likeness (QED) is 0.577. The van der Waals surface area contributed by atoms with Gasteiger partial charge in [-0.15, -0.1) is 0 Å². The largest absolute Gasteiger partial charge is 0.300 e. The van der Waals surface area contributed by atoms with Crippen molar-refractivity contribution in [2.75, 3.05) is 0 Å². The highest BCUT2D eigenvalue weighted by atomic mass is 32.2. The Hall–Kier alpha value is -3.14. The van der Waals surface area contributed by atoms with Crippen LogP contribution in [0.25, 0.3) is 0 Å². The van der Waals surface area contributed by atoms with E-state index in [4.69, 9.17) is 0 Å². The summed E-state index contributed by atoms with van der Waals surface area (Å²) >= 11 is 0. The van der Waals surface area contributed by atoms with E-state index in [1.807, 2.05) is 0 Å². The SMILES string of the molecule is O=C1CC(c2cccc([N+](=O)[O-])c2)S(=O)(=O)C(c2cccc([N+](=O)[O-])c2)C1. The van der Waals surface area contributed by atoms with Gasteiger partial charge < -0.3 is 0 Å². The molecule has 2 unspecified atom stereocenters. The standard InChI is InChI=1S/C17H14N2O7S/c20-15-9-16(11-3-1-5-13(7-11)18(21)22)27(25,26)17(10-15)12-4-2-6-14(8-12)19(23)24/h1-8,16-17H,9-10H2. The van der Waals surface area contributed by atoms with Gasteiger partial charge in [-0.3, -0.25) is 25.0 Å². The molecular weight excluding hydrogens is 376 g/mol. The number of carbonyl (C=O) groups is 1. The van der Waals surface area contributed by atoms with Crippen LogP contribution in [-0.4, -0.2) is 24.0 Å². The number of carbonyl (C=O) groups excluding carboxylic acids is 1. The molecule has 0 radical (unpaired) electrons. The minimum atomic E-state index is -3.95. The molecule has 2 atom stereocenters. The number of hydrogen-bond donors (Lipinski definition) is 0. The van der Waals surface area contributed by atoms with Gasteiger partial charge >= 0.3 is 0 Å². The zero-order valence-electron chi connectivity index (χ0n) is 13.8.